The quantitative estimate of drug-likeness (QED) is 0.792. The van der Waals surface area contributed by atoms with Crippen LogP contribution in [0, 0.1) is 0 Å². The minimum absolute atomic E-state index is 0.0800. The normalized spacial score (nSPS) is 23.0. The zero-order chi connectivity index (χ0) is 15.5. The Labute approximate surface area is 127 Å². The molecule has 0 bridgehead atoms. The number of amides is 2. The van der Waals surface area contributed by atoms with Crippen LogP contribution in [-0.2, 0) is 10.0 Å². The summed E-state index contributed by atoms with van der Waals surface area (Å²) in [7, 11) is -3.18. The Kier molecular flexibility index (Phi) is 5.27. The third kappa shape index (κ3) is 3.77. The van der Waals surface area contributed by atoms with Crippen molar-refractivity contribution in [3.05, 3.63) is 12.7 Å². The number of rotatable bonds is 4. The summed E-state index contributed by atoms with van der Waals surface area (Å²) in [6, 6.07) is -0.219. The summed E-state index contributed by atoms with van der Waals surface area (Å²) in [5.41, 5.74) is 0. The average molecular weight is 315 g/mol. The lowest BCUT2D eigenvalue weighted by molar-refractivity contribution is 0.185. The van der Waals surface area contributed by atoms with Gasteiger partial charge in [0, 0.05) is 32.2 Å². The van der Waals surface area contributed by atoms with Crippen molar-refractivity contribution in [1.29, 1.82) is 0 Å². The van der Waals surface area contributed by atoms with Crippen molar-refractivity contribution in [3.8, 4) is 0 Å². The van der Waals surface area contributed by atoms with Crippen molar-refractivity contribution < 1.29 is 13.2 Å². The van der Waals surface area contributed by atoms with Crippen LogP contribution in [0.4, 0.5) is 4.79 Å². The highest BCUT2D eigenvalue weighted by Gasteiger charge is 2.36. The molecule has 0 spiro atoms. The molecule has 0 aromatic heterocycles. The minimum Gasteiger partial charge on any atom is -0.332 e. The minimum atomic E-state index is -3.18. The molecule has 7 heteroatoms. The number of sulfonamides is 1. The first-order valence-electron chi connectivity index (χ1n) is 7.62. The van der Waals surface area contributed by atoms with E-state index in [4.69, 9.17) is 0 Å². The second-order valence-corrected chi connectivity index (χ2v) is 8.02. The summed E-state index contributed by atoms with van der Waals surface area (Å²) in [4.78, 5) is 13.7. The first kappa shape index (κ1) is 16.3. The van der Waals surface area contributed by atoms with Gasteiger partial charge in [-0.2, -0.15) is 0 Å². The van der Waals surface area contributed by atoms with Gasteiger partial charge in [0.2, 0.25) is 10.0 Å². The molecular formula is C14H25N3O3S. The van der Waals surface area contributed by atoms with Gasteiger partial charge in [0.1, 0.15) is 0 Å². The molecule has 2 fully saturated rings. The molecule has 0 saturated carbocycles. The second kappa shape index (κ2) is 6.79. The molecule has 21 heavy (non-hydrogen) atoms. The third-order valence-electron chi connectivity index (χ3n) is 4.28. The van der Waals surface area contributed by atoms with Gasteiger partial charge in [-0.25, -0.2) is 17.5 Å². The molecule has 2 heterocycles. The molecule has 120 valence electrons. The molecule has 2 aliphatic heterocycles. The fraction of sp³-hybridized carbons (Fsp3) is 0.786. The molecule has 2 amide bonds. The van der Waals surface area contributed by atoms with Crippen LogP contribution in [-0.4, -0.2) is 61.1 Å². The summed E-state index contributed by atoms with van der Waals surface area (Å²) in [6.07, 6.45) is 4.63. The van der Waals surface area contributed by atoms with Crippen molar-refractivity contribution >= 4 is 16.1 Å². The molecule has 1 atom stereocenters. The maximum absolute atomic E-state index is 12.5. The number of nitrogens with one attached hydrogen (secondary N) is 1. The standard InChI is InChI=1S/C14H25N3O3S/c1-3-12(2)15-14(18)16-10-6-13(7-11-16)21(19,20)17-8-4-5-9-17/h3,12-13H,1,4-11H2,2H3,(H,15,18). The largest absolute Gasteiger partial charge is 0.332 e. The molecule has 0 aliphatic carbocycles. The predicted molar refractivity (Wildman–Crippen MR) is 82.5 cm³/mol. The molecule has 1 N–H and O–H groups in total. The number of carbonyl (C=O) groups excluding carboxylic acids is 1. The molecule has 6 nitrogen and oxygen atoms in total. The molecular weight excluding hydrogens is 290 g/mol. The Morgan fingerprint density at radius 1 is 1.24 bits per heavy atom. The number of likely N-dealkylation sites (tertiary alicyclic amines) is 1. The van der Waals surface area contributed by atoms with Crippen LogP contribution in [0.15, 0.2) is 12.7 Å². The molecule has 1 unspecified atom stereocenters. The number of urea groups is 1. The number of carbonyl (C=O) groups is 1. The SMILES string of the molecule is C=CC(C)NC(=O)N1CCC(S(=O)(=O)N2CCCC2)CC1. The predicted octanol–water partition coefficient (Wildman–Crippen LogP) is 1.16. The van der Waals surface area contributed by atoms with Gasteiger partial charge in [0.15, 0.2) is 0 Å². The zero-order valence-electron chi connectivity index (χ0n) is 12.6. The summed E-state index contributed by atoms with van der Waals surface area (Å²) >= 11 is 0. The van der Waals surface area contributed by atoms with Crippen LogP contribution in [0.2, 0.25) is 0 Å². The highest BCUT2D eigenvalue weighted by molar-refractivity contribution is 7.89. The van der Waals surface area contributed by atoms with Crippen LogP contribution in [0.3, 0.4) is 0 Å². The topological polar surface area (TPSA) is 69.7 Å². The highest BCUT2D eigenvalue weighted by atomic mass is 32.2. The molecule has 2 rings (SSSR count). The van der Waals surface area contributed by atoms with E-state index in [1.165, 1.54) is 0 Å². The van der Waals surface area contributed by atoms with Crippen LogP contribution in [0.1, 0.15) is 32.6 Å². The first-order chi connectivity index (χ1) is 9.95. The lowest BCUT2D eigenvalue weighted by Gasteiger charge is -2.34. The summed E-state index contributed by atoms with van der Waals surface area (Å²) in [5, 5.41) is 2.48. The van der Waals surface area contributed by atoms with E-state index in [2.05, 4.69) is 11.9 Å². The molecule has 0 aromatic carbocycles. The van der Waals surface area contributed by atoms with Gasteiger partial charge in [-0.05, 0) is 32.6 Å². The summed E-state index contributed by atoms with van der Waals surface area (Å²) < 4.78 is 26.6. The maximum Gasteiger partial charge on any atom is 0.317 e. The number of hydrogen-bond donors (Lipinski definition) is 1. The van der Waals surface area contributed by atoms with E-state index in [1.807, 2.05) is 6.92 Å². The Morgan fingerprint density at radius 2 is 1.81 bits per heavy atom. The van der Waals surface area contributed by atoms with E-state index in [0.717, 1.165) is 12.8 Å². The van der Waals surface area contributed by atoms with Gasteiger partial charge >= 0.3 is 6.03 Å². The van der Waals surface area contributed by atoms with E-state index in [0.29, 0.717) is 39.0 Å². The third-order valence-corrected chi connectivity index (χ3v) is 6.68. The van der Waals surface area contributed by atoms with E-state index in [9.17, 15) is 13.2 Å². The Morgan fingerprint density at radius 3 is 2.33 bits per heavy atom. The van der Waals surface area contributed by atoms with Crippen molar-refractivity contribution in [3.63, 3.8) is 0 Å². The van der Waals surface area contributed by atoms with Gasteiger partial charge in [0.25, 0.3) is 0 Å². The fourth-order valence-electron chi connectivity index (χ4n) is 2.86. The van der Waals surface area contributed by atoms with Crippen LogP contribution >= 0.6 is 0 Å². The maximum atomic E-state index is 12.5. The van der Waals surface area contributed by atoms with E-state index < -0.39 is 10.0 Å². The van der Waals surface area contributed by atoms with Crippen molar-refractivity contribution in [2.45, 2.75) is 43.9 Å². The Balaban J connectivity index is 1.88. The second-order valence-electron chi connectivity index (χ2n) is 5.81. The molecule has 2 aliphatic rings. The smallest absolute Gasteiger partial charge is 0.317 e. The van der Waals surface area contributed by atoms with Gasteiger partial charge in [-0.15, -0.1) is 6.58 Å². The lowest BCUT2D eigenvalue weighted by Crippen LogP contribution is -2.50. The van der Waals surface area contributed by atoms with E-state index in [1.54, 1.807) is 15.3 Å². The molecule has 2 saturated heterocycles. The molecule has 0 radical (unpaired) electrons. The highest BCUT2D eigenvalue weighted by Crippen LogP contribution is 2.24. The van der Waals surface area contributed by atoms with Crippen LogP contribution in [0.5, 0.6) is 0 Å². The fourth-order valence-corrected chi connectivity index (χ4v) is 4.85. The summed E-state index contributed by atoms with van der Waals surface area (Å²) in [6.45, 7) is 7.78. The Hall–Kier alpha value is -1.08. The first-order valence-corrected chi connectivity index (χ1v) is 9.12. The van der Waals surface area contributed by atoms with Crippen LogP contribution in [0.25, 0.3) is 0 Å². The monoisotopic (exact) mass is 315 g/mol. The Bertz CT molecular complexity index is 478. The van der Waals surface area contributed by atoms with Crippen LogP contribution < -0.4 is 5.32 Å². The van der Waals surface area contributed by atoms with Crippen molar-refractivity contribution in [2.75, 3.05) is 26.2 Å². The van der Waals surface area contributed by atoms with E-state index in [-0.39, 0.29) is 17.3 Å². The molecule has 0 aromatic rings. The van der Waals surface area contributed by atoms with Gasteiger partial charge in [-0.1, -0.05) is 6.08 Å². The van der Waals surface area contributed by atoms with E-state index >= 15 is 0 Å². The average Bonchev–Trinajstić information content (AvgIpc) is 3.02. The van der Waals surface area contributed by atoms with Gasteiger partial charge in [-0.3, -0.25) is 0 Å². The zero-order valence-corrected chi connectivity index (χ0v) is 13.4. The van der Waals surface area contributed by atoms with Gasteiger partial charge < -0.3 is 10.2 Å². The number of piperidine rings is 1. The lowest BCUT2D eigenvalue weighted by atomic mass is 10.1. The van der Waals surface area contributed by atoms with Crippen molar-refractivity contribution in [2.24, 2.45) is 0 Å². The van der Waals surface area contributed by atoms with Crippen molar-refractivity contribution in [1.82, 2.24) is 14.5 Å². The van der Waals surface area contributed by atoms with Gasteiger partial charge in [0.05, 0.1) is 5.25 Å². The summed E-state index contributed by atoms with van der Waals surface area (Å²) in [5.74, 6) is 0. The number of hydrogen-bond acceptors (Lipinski definition) is 3. The number of nitrogens with zero attached hydrogens (tertiary/aromatic N) is 2.